The number of anilines is 1. The third kappa shape index (κ3) is 2.52. The summed E-state index contributed by atoms with van der Waals surface area (Å²) in [4.78, 5) is 8.96. The fourth-order valence-electron chi connectivity index (χ4n) is 1.56. The Morgan fingerprint density at radius 3 is 2.75 bits per heavy atom. The zero-order chi connectivity index (χ0) is 11.5. The van der Waals surface area contributed by atoms with Crippen LogP contribution in [0.4, 0.5) is 5.82 Å². The second-order valence-electron chi connectivity index (χ2n) is 3.85. The average Bonchev–Trinajstić information content (AvgIpc) is 3.11. The molecular formula is C11H16BrN3O. The summed E-state index contributed by atoms with van der Waals surface area (Å²) in [7, 11) is 1.87. The molecule has 0 radical (unpaired) electrons. The van der Waals surface area contributed by atoms with Crippen molar-refractivity contribution in [1.82, 2.24) is 9.97 Å². The SMILES string of the molecule is CCOCc1nc(NC)c(Br)c(C2CC2)n1. The summed E-state index contributed by atoms with van der Waals surface area (Å²) in [5.41, 5.74) is 1.12. The van der Waals surface area contributed by atoms with Crippen molar-refractivity contribution >= 4 is 21.7 Å². The molecule has 0 saturated heterocycles. The van der Waals surface area contributed by atoms with Gasteiger partial charge in [-0.15, -0.1) is 0 Å². The first-order valence-electron chi connectivity index (χ1n) is 5.58. The third-order valence-electron chi connectivity index (χ3n) is 2.56. The van der Waals surface area contributed by atoms with E-state index in [4.69, 9.17) is 4.74 Å². The fraction of sp³-hybridized carbons (Fsp3) is 0.636. The van der Waals surface area contributed by atoms with Gasteiger partial charge < -0.3 is 10.1 Å². The number of hydrogen-bond acceptors (Lipinski definition) is 4. The molecule has 1 aromatic rings. The molecule has 0 spiro atoms. The summed E-state index contributed by atoms with van der Waals surface area (Å²) in [6.45, 7) is 3.14. The minimum atomic E-state index is 0.484. The van der Waals surface area contributed by atoms with Gasteiger partial charge in [0.15, 0.2) is 5.82 Å². The highest BCUT2D eigenvalue weighted by atomic mass is 79.9. The Labute approximate surface area is 104 Å². The van der Waals surface area contributed by atoms with E-state index >= 15 is 0 Å². The van der Waals surface area contributed by atoms with Crippen molar-refractivity contribution in [3.05, 3.63) is 16.0 Å². The van der Waals surface area contributed by atoms with Gasteiger partial charge in [0, 0.05) is 19.6 Å². The molecule has 1 heterocycles. The molecule has 1 aliphatic rings. The van der Waals surface area contributed by atoms with Crippen LogP contribution in [0.25, 0.3) is 0 Å². The first-order valence-corrected chi connectivity index (χ1v) is 6.37. The van der Waals surface area contributed by atoms with Crippen LogP contribution in [0.2, 0.25) is 0 Å². The van der Waals surface area contributed by atoms with E-state index in [1.54, 1.807) is 0 Å². The molecular weight excluding hydrogens is 270 g/mol. The van der Waals surface area contributed by atoms with Crippen LogP contribution < -0.4 is 5.32 Å². The third-order valence-corrected chi connectivity index (χ3v) is 3.34. The van der Waals surface area contributed by atoms with E-state index in [-0.39, 0.29) is 0 Å². The zero-order valence-electron chi connectivity index (χ0n) is 9.59. The first kappa shape index (κ1) is 11.8. The molecule has 2 rings (SSSR count). The second-order valence-corrected chi connectivity index (χ2v) is 4.64. The monoisotopic (exact) mass is 285 g/mol. The van der Waals surface area contributed by atoms with Gasteiger partial charge in [0.25, 0.3) is 0 Å². The number of ether oxygens (including phenoxy) is 1. The highest BCUT2D eigenvalue weighted by Gasteiger charge is 2.29. The minimum absolute atomic E-state index is 0.484. The number of aromatic nitrogens is 2. The van der Waals surface area contributed by atoms with Gasteiger partial charge in [-0.3, -0.25) is 0 Å². The molecule has 1 N–H and O–H groups in total. The Bertz CT molecular complexity index is 380. The Morgan fingerprint density at radius 2 is 2.19 bits per heavy atom. The lowest BCUT2D eigenvalue weighted by atomic mass is 10.2. The van der Waals surface area contributed by atoms with Gasteiger partial charge in [0.1, 0.15) is 12.4 Å². The zero-order valence-corrected chi connectivity index (χ0v) is 11.2. The molecule has 5 heteroatoms. The predicted molar refractivity (Wildman–Crippen MR) is 66.6 cm³/mol. The van der Waals surface area contributed by atoms with Crippen molar-refractivity contribution in [3.8, 4) is 0 Å². The maximum Gasteiger partial charge on any atom is 0.156 e. The maximum atomic E-state index is 5.35. The molecule has 0 unspecified atom stereocenters. The fourth-order valence-corrected chi connectivity index (χ4v) is 2.26. The molecule has 1 aromatic heterocycles. The Morgan fingerprint density at radius 1 is 1.44 bits per heavy atom. The van der Waals surface area contributed by atoms with Crippen molar-refractivity contribution in [1.29, 1.82) is 0 Å². The quantitative estimate of drug-likeness (QED) is 0.904. The molecule has 16 heavy (non-hydrogen) atoms. The average molecular weight is 286 g/mol. The van der Waals surface area contributed by atoms with Crippen LogP contribution in [0, 0.1) is 0 Å². The second kappa shape index (κ2) is 5.10. The van der Waals surface area contributed by atoms with Gasteiger partial charge >= 0.3 is 0 Å². The van der Waals surface area contributed by atoms with Crippen molar-refractivity contribution in [3.63, 3.8) is 0 Å². The normalized spacial score (nSPS) is 15.2. The maximum absolute atomic E-state index is 5.35. The summed E-state index contributed by atoms with van der Waals surface area (Å²) in [5, 5.41) is 3.08. The smallest absolute Gasteiger partial charge is 0.156 e. The molecule has 1 saturated carbocycles. The predicted octanol–water partition coefficient (Wildman–Crippen LogP) is 2.69. The number of nitrogens with one attached hydrogen (secondary N) is 1. The number of rotatable bonds is 5. The summed E-state index contributed by atoms with van der Waals surface area (Å²) in [5.74, 6) is 2.22. The molecule has 1 aliphatic carbocycles. The Kier molecular flexibility index (Phi) is 3.76. The standard InChI is InChI=1S/C11H16BrN3O/c1-3-16-6-8-14-10(7-4-5-7)9(12)11(13-2)15-8/h7H,3-6H2,1-2H3,(H,13,14,15). The lowest BCUT2D eigenvalue weighted by molar-refractivity contribution is 0.128. The van der Waals surface area contributed by atoms with Gasteiger partial charge in [0.2, 0.25) is 0 Å². The molecule has 88 valence electrons. The molecule has 0 bridgehead atoms. The highest BCUT2D eigenvalue weighted by molar-refractivity contribution is 9.10. The van der Waals surface area contributed by atoms with E-state index in [1.807, 2.05) is 14.0 Å². The van der Waals surface area contributed by atoms with E-state index < -0.39 is 0 Å². The van der Waals surface area contributed by atoms with Crippen LogP contribution in [0.1, 0.15) is 37.2 Å². The van der Waals surface area contributed by atoms with Crippen molar-refractivity contribution in [2.75, 3.05) is 19.0 Å². The summed E-state index contributed by atoms with van der Waals surface area (Å²) in [6, 6.07) is 0. The largest absolute Gasteiger partial charge is 0.374 e. The van der Waals surface area contributed by atoms with Crippen LogP contribution in [-0.2, 0) is 11.3 Å². The minimum Gasteiger partial charge on any atom is -0.374 e. The van der Waals surface area contributed by atoms with Crippen molar-refractivity contribution in [2.45, 2.75) is 32.3 Å². The van der Waals surface area contributed by atoms with E-state index in [2.05, 4.69) is 31.2 Å². The summed E-state index contributed by atoms with van der Waals surface area (Å²) in [6.07, 6.45) is 2.46. The van der Waals surface area contributed by atoms with Crippen LogP contribution in [-0.4, -0.2) is 23.6 Å². The summed E-state index contributed by atoms with van der Waals surface area (Å²) >= 11 is 3.56. The van der Waals surface area contributed by atoms with E-state index in [9.17, 15) is 0 Å². The van der Waals surface area contributed by atoms with Gasteiger partial charge in [-0.1, -0.05) is 0 Å². The molecule has 0 aromatic carbocycles. The number of halogens is 1. The molecule has 1 fully saturated rings. The first-order chi connectivity index (χ1) is 7.76. The molecule has 0 amide bonds. The van der Waals surface area contributed by atoms with Crippen LogP contribution >= 0.6 is 15.9 Å². The molecule has 0 aliphatic heterocycles. The van der Waals surface area contributed by atoms with Gasteiger partial charge in [-0.2, -0.15) is 0 Å². The number of nitrogens with zero attached hydrogens (tertiary/aromatic N) is 2. The van der Waals surface area contributed by atoms with Gasteiger partial charge in [-0.25, -0.2) is 9.97 Å². The summed E-state index contributed by atoms with van der Waals surface area (Å²) < 4.78 is 6.34. The molecule has 4 nitrogen and oxygen atoms in total. The Hall–Kier alpha value is -0.680. The van der Waals surface area contributed by atoms with E-state index in [1.165, 1.54) is 12.8 Å². The van der Waals surface area contributed by atoms with Crippen LogP contribution in [0.5, 0.6) is 0 Å². The van der Waals surface area contributed by atoms with Crippen LogP contribution in [0.3, 0.4) is 0 Å². The van der Waals surface area contributed by atoms with Crippen LogP contribution in [0.15, 0.2) is 4.47 Å². The van der Waals surface area contributed by atoms with E-state index in [0.29, 0.717) is 19.1 Å². The highest BCUT2D eigenvalue weighted by Crippen LogP contribution is 2.43. The van der Waals surface area contributed by atoms with Gasteiger partial charge in [0.05, 0.1) is 10.2 Å². The van der Waals surface area contributed by atoms with Crippen molar-refractivity contribution in [2.24, 2.45) is 0 Å². The Balaban J connectivity index is 2.28. The van der Waals surface area contributed by atoms with Crippen molar-refractivity contribution < 1.29 is 4.74 Å². The van der Waals surface area contributed by atoms with Gasteiger partial charge in [-0.05, 0) is 35.7 Å². The lowest BCUT2D eigenvalue weighted by Crippen LogP contribution is -2.06. The molecule has 0 atom stereocenters. The van der Waals surface area contributed by atoms with E-state index in [0.717, 1.165) is 21.8 Å². The lowest BCUT2D eigenvalue weighted by Gasteiger charge is -2.10. The number of hydrogen-bond donors (Lipinski definition) is 1. The topological polar surface area (TPSA) is 47.0 Å².